The highest BCUT2D eigenvalue weighted by Crippen LogP contribution is 2.28. The van der Waals surface area contributed by atoms with E-state index in [0.29, 0.717) is 6.61 Å². The highest BCUT2D eigenvalue weighted by atomic mass is 35.5. The van der Waals surface area contributed by atoms with Crippen LogP contribution in [0, 0.1) is 11.6 Å². The van der Waals surface area contributed by atoms with E-state index < -0.39 is 17.2 Å². The zero-order chi connectivity index (χ0) is 15.6. The van der Waals surface area contributed by atoms with Crippen LogP contribution in [0.4, 0.5) is 8.78 Å². The minimum absolute atomic E-state index is 0.140. The van der Waals surface area contributed by atoms with Gasteiger partial charge in [-0.15, -0.1) is 0 Å². The van der Waals surface area contributed by atoms with E-state index in [2.05, 4.69) is 10.1 Å². The first kappa shape index (κ1) is 15.8. The molecule has 1 unspecified atom stereocenters. The maximum Gasteiger partial charge on any atom is 0.261 e. The quantitative estimate of drug-likeness (QED) is 0.858. The second kappa shape index (κ2) is 6.05. The monoisotopic (exact) mass is 317 g/mol. The molecular weight excluding hydrogens is 304 g/mol. The van der Waals surface area contributed by atoms with Crippen molar-refractivity contribution in [1.82, 2.24) is 10.1 Å². The van der Waals surface area contributed by atoms with Gasteiger partial charge < -0.3 is 15.0 Å². The van der Waals surface area contributed by atoms with Crippen molar-refractivity contribution in [2.45, 2.75) is 19.4 Å². The van der Waals surface area contributed by atoms with Crippen LogP contribution >= 0.6 is 11.6 Å². The molecule has 0 spiro atoms. The lowest BCUT2D eigenvalue weighted by atomic mass is 10.1. The molecule has 0 aliphatic carbocycles. The van der Waals surface area contributed by atoms with Gasteiger partial charge in [-0.25, -0.2) is 8.78 Å². The van der Waals surface area contributed by atoms with E-state index in [1.165, 1.54) is 0 Å². The molecule has 0 fully saturated rings. The maximum absolute atomic E-state index is 13.8. The van der Waals surface area contributed by atoms with E-state index in [1.54, 1.807) is 6.92 Å². The van der Waals surface area contributed by atoms with Gasteiger partial charge in [0.15, 0.2) is 5.82 Å². The molecule has 0 aliphatic heterocycles. The molecule has 5 nitrogen and oxygen atoms in total. The number of halogens is 3. The summed E-state index contributed by atoms with van der Waals surface area (Å²) in [5.74, 6) is -1.58. The Morgan fingerprint density at radius 3 is 2.76 bits per heavy atom. The highest BCUT2D eigenvalue weighted by Gasteiger charge is 2.29. The summed E-state index contributed by atoms with van der Waals surface area (Å²) in [5, 5.41) is 3.37. The number of ether oxygens (including phenoxy) is 1. The second-order valence-corrected chi connectivity index (χ2v) is 5.13. The first-order valence-corrected chi connectivity index (χ1v) is 6.58. The Kier molecular flexibility index (Phi) is 4.55. The molecule has 8 heteroatoms. The molecule has 1 heterocycles. The van der Waals surface area contributed by atoms with Crippen molar-refractivity contribution < 1.29 is 18.0 Å². The lowest BCUT2D eigenvalue weighted by molar-refractivity contribution is 0.0962. The smallest absolute Gasteiger partial charge is 0.261 e. The van der Waals surface area contributed by atoms with Crippen LogP contribution in [0.1, 0.15) is 19.7 Å². The van der Waals surface area contributed by atoms with Gasteiger partial charge in [0.1, 0.15) is 17.2 Å². The molecule has 21 heavy (non-hydrogen) atoms. The van der Waals surface area contributed by atoms with Gasteiger partial charge >= 0.3 is 0 Å². The summed E-state index contributed by atoms with van der Waals surface area (Å²) >= 11 is 5.49. The van der Waals surface area contributed by atoms with Crippen molar-refractivity contribution in [3.8, 4) is 11.5 Å². The summed E-state index contributed by atoms with van der Waals surface area (Å²) in [5.41, 5.74) is 4.83. The van der Waals surface area contributed by atoms with Crippen LogP contribution in [0.3, 0.4) is 0 Å². The molecule has 0 saturated carbocycles. The normalized spacial score (nSPS) is 14.2. The molecule has 2 N–H and O–H groups in total. The molecular formula is C13H14ClF2N3O2. The van der Waals surface area contributed by atoms with Gasteiger partial charge in [0.25, 0.3) is 5.89 Å². The second-order valence-electron chi connectivity index (χ2n) is 4.72. The van der Waals surface area contributed by atoms with E-state index in [-0.39, 0.29) is 28.9 Å². The minimum atomic E-state index is -1.00. The number of benzene rings is 1. The number of hydrogen-bond acceptors (Lipinski definition) is 5. The molecule has 2 aromatic rings. The summed E-state index contributed by atoms with van der Waals surface area (Å²) in [6.45, 7) is 4.12. The molecule has 0 radical (unpaired) electrons. The van der Waals surface area contributed by atoms with Crippen molar-refractivity contribution in [2.75, 3.05) is 13.2 Å². The van der Waals surface area contributed by atoms with E-state index >= 15 is 0 Å². The largest absolute Gasteiger partial charge is 0.379 e. The van der Waals surface area contributed by atoms with Gasteiger partial charge in [-0.3, -0.25) is 0 Å². The Morgan fingerprint density at radius 1 is 1.38 bits per heavy atom. The molecule has 0 amide bonds. The summed E-state index contributed by atoms with van der Waals surface area (Å²) in [6.07, 6.45) is 0. The van der Waals surface area contributed by atoms with E-state index in [9.17, 15) is 8.78 Å². The van der Waals surface area contributed by atoms with Gasteiger partial charge in [-0.1, -0.05) is 16.8 Å². The van der Waals surface area contributed by atoms with Crippen LogP contribution in [-0.2, 0) is 10.3 Å². The fraction of sp³-hybridized carbons (Fsp3) is 0.385. The molecule has 0 saturated heterocycles. The molecule has 114 valence electrons. The Bertz CT molecular complexity index is 646. The van der Waals surface area contributed by atoms with Crippen LogP contribution < -0.4 is 5.73 Å². The number of nitrogens with two attached hydrogens (primary N) is 1. The van der Waals surface area contributed by atoms with Crippen molar-refractivity contribution >= 4 is 11.6 Å². The molecule has 0 aliphatic rings. The molecule has 1 aromatic carbocycles. The topological polar surface area (TPSA) is 74.2 Å². The summed E-state index contributed by atoms with van der Waals surface area (Å²) < 4.78 is 37.4. The Labute approximate surface area is 125 Å². The number of aromatic nitrogens is 2. The lowest BCUT2D eigenvalue weighted by Crippen LogP contribution is -2.39. The molecule has 2 rings (SSSR count). The third-order valence-electron chi connectivity index (χ3n) is 2.78. The lowest BCUT2D eigenvalue weighted by Gasteiger charge is -2.19. The summed E-state index contributed by atoms with van der Waals surface area (Å²) in [7, 11) is 0. The van der Waals surface area contributed by atoms with E-state index in [4.69, 9.17) is 26.6 Å². The summed E-state index contributed by atoms with van der Waals surface area (Å²) in [6, 6.07) is 1.74. The predicted octanol–water partition coefficient (Wildman–Crippen LogP) is 2.88. The number of nitrogens with zero attached hydrogens (tertiary/aromatic N) is 2. The Hall–Kier alpha value is -1.57. The average molecular weight is 318 g/mol. The fourth-order valence-electron chi connectivity index (χ4n) is 1.63. The van der Waals surface area contributed by atoms with Crippen molar-refractivity contribution in [3.63, 3.8) is 0 Å². The Balaban J connectivity index is 2.34. The van der Waals surface area contributed by atoms with Gasteiger partial charge in [0, 0.05) is 6.61 Å². The van der Waals surface area contributed by atoms with Gasteiger partial charge in [-0.2, -0.15) is 4.98 Å². The van der Waals surface area contributed by atoms with Crippen molar-refractivity contribution in [3.05, 3.63) is 34.6 Å². The standard InChI is InChI=1S/C13H14ClF2N3O2/c1-3-20-6-13(2,17)12-18-11(21-19-12)7-4-10(16)8(14)5-9(7)15/h4-5H,3,6,17H2,1-2H3. The van der Waals surface area contributed by atoms with Crippen LogP contribution in [0.2, 0.25) is 5.02 Å². The van der Waals surface area contributed by atoms with Gasteiger partial charge in [0.05, 0.1) is 17.2 Å². The summed E-state index contributed by atoms with van der Waals surface area (Å²) in [4.78, 5) is 4.00. The average Bonchev–Trinajstić information content (AvgIpc) is 2.91. The van der Waals surface area contributed by atoms with Gasteiger partial charge in [-0.05, 0) is 26.0 Å². The van der Waals surface area contributed by atoms with Crippen LogP contribution in [0.15, 0.2) is 16.7 Å². The Morgan fingerprint density at radius 2 is 2.10 bits per heavy atom. The first-order chi connectivity index (χ1) is 9.85. The van der Waals surface area contributed by atoms with E-state index in [0.717, 1.165) is 12.1 Å². The molecule has 0 bridgehead atoms. The molecule has 1 atom stereocenters. The number of rotatable bonds is 5. The van der Waals surface area contributed by atoms with Crippen LogP contribution in [-0.4, -0.2) is 23.4 Å². The fourth-order valence-corrected chi connectivity index (χ4v) is 1.78. The highest BCUT2D eigenvalue weighted by molar-refractivity contribution is 6.30. The zero-order valence-corrected chi connectivity index (χ0v) is 12.2. The van der Waals surface area contributed by atoms with Crippen molar-refractivity contribution in [2.24, 2.45) is 5.73 Å². The predicted molar refractivity (Wildman–Crippen MR) is 72.7 cm³/mol. The van der Waals surface area contributed by atoms with Gasteiger partial charge in [0.2, 0.25) is 0 Å². The number of hydrogen-bond donors (Lipinski definition) is 1. The first-order valence-electron chi connectivity index (χ1n) is 6.21. The third-order valence-corrected chi connectivity index (χ3v) is 3.07. The third kappa shape index (κ3) is 3.37. The van der Waals surface area contributed by atoms with E-state index in [1.807, 2.05) is 6.92 Å². The van der Waals surface area contributed by atoms with Crippen LogP contribution in [0.5, 0.6) is 0 Å². The molecule has 1 aromatic heterocycles. The zero-order valence-electron chi connectivity index (χ0n) is 11.5. The SMILES string of the molecule is CCOCC(C)(N)c1noc(-c2cc(F)c(Cl)cc2F)n1. The van der Waals surface area contributed by atoms with Crippen LogP contribution in [0.25, 0.3) is 11.5 Å². The minimum Gasteiger partial charge on any atom is -0.379 e. The van der Waals surface area contributed by atoms with Crippen molar-refractivity contribution in [1.29, 1.82) is 0 Å². The maximum atomic E-state index is 13.8.